The largest absolute Gasteiger partial charge is 0.457 e. The van der Waals surface area contributed by atoms with Gasteiger partial charge < -0.3 is 10.1 Å². The Hall–Kier alpha value is -2.10. The van der Waals surface area contributed by atoms with Gasteiger partial charge in [-0.3, -0.25) is 4.98 Å². The van der Waals surface area contributed by atoms with Gasteiger partial charge in [0.2, 0.25) is 0 Å². The molecule has 0 saturated heterocycles. The molecule has 1 N–H and O–H groups in total. The Bertz CT molecular complexity index is 849. The van der Waals surface area contributed by atoms with Crippen LogP contribution in [0, 0.1) is 0 Å². The summed E-state index contributed by atoms with van der Waals surface area (Å²) in [4.78, 5) is 4.83. The monoisotopic (exact) mass is 324 g/mol. The molecule has 0 bridgehead atoms. The molecule has 0 radical (unpaired) electrons. The molecule has 4 rings (SSSR count). The highest BCUT2D eigenvalue weighted by molar-refractivity contribution is 6.35. The number of para-hydroxylation sites is 1. The third-order valence-electron chi connectivity index (χ3n) is 4.14. The molecule has 3 nitrogen and oxygen atoms in total. The van der Waals surface area contributed by atoms with Crippen LogP contribution in [-0.4, -0.2) is 18.1 Å². The molecule has 2 heterocycles. The topological polar surface area (TPSA) is 34.1 Å². The molecule has 3 aromatic rings. The second-order valence-corrected chi connectivity index (χ2v) is 6.11. The first-order valence-electron chi connectivity index (χ1n) is 7.86. The number of nitrogens with one attached hydrogen (secondary N) is 1. The van der Waals surface area contributed by atoms with Gasteiger partial charge in [0.05, 0.1) is 10.5 Å². The van der Waals surface area contributed by atoms with Crippen molar-refractivity contribution in [2.75, 3.05) is 13.1 Å². The molecule has 0 atom stereocenters. The number of benzene rings is 2. The zero-order valence-corrected chi connectivity index (χ0v) is 13.4. The van der Waals surface area contributed by atoms with Crippen molar-refractivity contribution < 1.29 is 4.74 Å². The molecule has 116 valence electrons. The molecule has 0 spiro atoms. The van der Waals surface area contributed by atoms with Gasteiger partial charge in [-0.05, 0) is 48.9 Å². The molecule has 4 heteroatoms. The fourth-order valence-electron chi connectivity index (χ4n) is 2.97. The van der Waals surface area contributed by atoms with E-state index in [4.69, 9.17) is 21.3 Å². The third kappa shape index (κ3) is 2.90. The highest BCUT2D eigenvalue weighted by atomic mass is 35.5. The van der Waals surface area contributed by atoms with Gasteiger partial charge in [-0.2, -0.15) is 0 Å². The van der Waals surface area contributed by atoms with Crippen molar-refractivity contribution in [1.29, 1.82) is 0 Å². The van der Waals surface area contributed by atoms with Crippen molar-refractivity contribution in [2.24, 2.45) is 0 Å². The lowest BCUT2D eigenvalue weighted by atomic mass is 10.0. The Morgan fingerprint density at radius 1 is 1.00 bits per heavy atom. The summed E-state index contributed by atoms with van der Waals surface area (Å²) in [7, 11) is 0. The van der Waals surface area contributed by atoms with E-state index >= 15 is 0 Å². The summed E-state index contributed by atoms with van der Waals surface area (Å²) in [5.74, 6) is 1.61. The highest BCUT2D eigenvalue weighted by Crippen LogP contribution is 2.34. The number of aromatic nitrogens is 1. The average molecular weight is 325 g/mol. The maximum atomic E-state index is 6.38. The van der Waals surface area contributed by atoms with Crippen LogP contribution in [0.15, 0.2) is 48.5 Å². The molecule has 1 aliphatic heterocycles. The molecule has 1 aliphatic rings. The van der Waals surface area contributed by atoms with Gasteiger partial charge in [-0.1, -0.05) is 29.8 Å². The SMILES string of the molecule is Clc1ccc(Oc2ccccc2)c2cc3c(nc12)CCNCC3. The summed E-state index contributed by atoms with van der Waals surface area (Å²) in [6, 6.07) is 15.8. The molecule has 0 fully saturated rings. The van der Waals surface area contributed by atoms with E-state index in [1.54, 1.807) is 0 Å². The molecule has 0 amide bonds. The van der Waals surface area contributed by atoms with Crippen molar-refractivity contribution in [3.05, 3.63) is 64.8 Å². The zero-order valence-electron chi connectivity index (χ0n) is 12.7. The van der Waals surface area contributed by atoms with E-state index in [1.807, 2.05) is 42.5 Å². The summed E-state index contributed by atoms with van der Waals surface area (Å²) < 4.78 is 6.05. The zero-order chi connectivity index (χ0) is 15.6. The molecule has 0 unspecified atom stereocenters. The van der Waals surface area contributed by atoms with E-state index < -0.39 is 0 Å². The van der Waals surface area contributed by atoms with Crippen LogP contribution in [0.1, 0.15) is 11.3 Å². The summed E-state index contributed by atoms with van der Waals surface area (Å²) in [6.07, 6.45) is 1.92. The maximum absolute atomic E-state index is 6.38. The Balaban J connectivity index is 1.85. The molecule has 0 saturated carbocycles. The lowest BCUT2D eigenvalue weighted by molar-refractivity contribution is 0.488. The molecule has 2 aromatic carbocycles. The predicted octanol–water partition coefficient (Wildman–Crippen LogP) is 4.37. The van der Waals surface area contributed by atoms with Gasteiger partial charge in [0.15, 0.2) is 0 Å². The van der Waals surface area contributed by atoms with Crippen molar-refractivity contribution in [2.45, 2.75) is 12.8 Å². The van der Waals surface area contributed by atoms with Crippen LogP contribution in [0.25, 0.3) is 10.9 Å². The first kappa shape index (κ1) is 14.5. The third-order valence-corrected chi connectivity index (χ3v) is 4.45. The number of pyridine rings is 1. The van der Waals surface area contributed by atoms with Gasteiger partial charge in [0.1, 0.15) is 11.5 Å². The average Bonchev–Trinajstić information content (AvgIpc) is 2.82. The summed E-state index contributed by atoms with van der Waals surface area (Å²) in [6.45, 7) is 1.94. The van der Waals surface area contributed by atoms with Crippen LogP contribution in [0.5, 0.6) is 11.5 Å². The quantitative estimate of drug-likeness (QED) is 0.760. The van der Waals surface area contributed by atoms with Crippen molar-refractivity contribution in [3.63, 3.8) is 0 Å². The molecular formula is C19H17ClN2O. The molecule has 1 aromatic heterocycles. The lowest BCUT2D eigenvalue weighted by Crippen LogP contribution is -2.16. The van der Waals surface area contributed by atoms with E-state index in [2.05, 4.69) is 11.4 Å². The van der Waals surface area contributed by atoms with Crippen LogP contribution in [0.3, 0.4) is 0 Å². The number of hydrogen-bond acceptors (Lipinski definition) is 3. The minimum atomic E-state index is 0.667. The summed E-state index contributed by atoms with van der Waals surface area (Å²) in [5.41, 5.74) is 3.24. The second kappa shape index (κ2) is 6.19. The fraction of sp³-hybridized carbons (Fsp3) is 0.211. The highest BCUT2D eigenvalue weighted by Gasteiger charge is 2.15. The van der Waals surface area contributed by atoms with E-state index in [0.29, 0.717) is 5.02 Å². The Kier molecular flexibility index (Phi) is 3.90. The first-order chi connectivity index (χ1) is 11.3. The van der Waals surface area contributed by atoms with E-state index in [9.17, 15) is 0 Å². The van der Waals surface area contributed by atoms with Gasteiger partial charge in [-0.15, -0.1) is 0 Å². The minimum absolute atomic E-state index is 0.667. The Morgan fingerprint density at radius 2 is 1.83 bits per heavy atom. The van der Waals surface area contributed by atoms with E-state index in [-0.39, 0.29) is 0 Å². The van der Waals surface area contributed by atoms with E-state index in [0.717, 1.165) is 54.0 Å². The standard InChI is InChI=1S/C19H17ClN2O/c20-16-6-7-18(23-14-4-2-1-3-5-14)15-12-13-8-10-21-11-9-17(13)22-19(15)16/h1-7,12,21H,8-11H2. The van der Waals surface area contributed by atoms with Crippen molar-refractivity contribution in [3.8, 4) is 11.5 Å². The van der Waals surface area contributed by atoms with Crippen molar-refractivity contribution in [1.82, 2.24) is 10.3 Å². The van der Waals surface area contributed by atoms with Gasteiger partial charge in [0.25, 0.3) is 0 Å². The van der Waals surface area contributed by atoms with Crippen LogP contribution in [-0.2, 0) is 12.8 Å². The fourth-order valence-corrected chi connectivity index (χ4v) is 3.18. The molecule has 0 aliphatic carbocycles. The molecular weight excluding hydrogens is 308 g/mol. The minimum Gasteiger partial charge on any atom is -0.457 e. The van der Waals surface area contributed by atoms with Crippen LogP contribution >= 0.6 is 11.6 Å². The van der Waals surface area contributed by atoms with Crippen molar-refractivity contribution >= 4 is 22.5 Å². The maximum Gasteiger partial charge on any atom is 0.136 e. The summed E-state index contributed by atoms with van der Waals surface area (Å²) >= 11 is 6.38. The van der Waals surface area contributed by atoms with Gasteiger partial charge in [0, 0.05) is 24.0 Å². The first-order valence-corrected chi connectivity index (χ1v) is 8.24. The number of fused-ring (bicyclic) bond motifs is 2. The molecule has 23 heavy (non-hydrogen) atoms. The van der Waals surface area contributed by atoms with Gasteiger partial charge in [-0.25, -0.2) is 0 Å². The number of halogens is 1. The number of rotatable bonds is 2. The van der Waals surface area contributed by atoms with Crippen LogP contribution in [0.2, 0.25) is 5.02 Å². The van der Waals surface area contributed by atoms with Gasteiger partial charge >= 0.3 is 0 Å². The summed E-state index contributed by atoms with van der Waals surface area (Å²) in [5, 5.41) is 5.05. The van der Waals surface area contributed by atoms with Crippen LogP contribution < -0.4 is 10.1 Å². The number of ether oxygens (including phenoxy) is 1. The number of hydrogen-bond donors (Lipinski definition) is 1. The number of nitrogens with zero attached hydrogens (tertiary/aromatic N) is 1. The predicted molar refractivity (Wildman–Crippen MR) is 93.5 cm³/mol. The van der Waals surface area contributed by atoms with Crippen LogP contribution in [0.4, 0.5) is 0 Å². The Labute approximate surface area is 140 Å². The lowest BCUT2D eigenvalue weighted by Gasteiger charge is -2.13. The van der Waals surface area contributed by atoms with E-state index in [1.165, 1.54) is 5.56 Å². The second-order valence-electron chi connectivity index (χ2n) is 5.70. The Morgan fingerprint density at radius 3 is 2.70 bits per heavy atom. The smallest absolute Gasteiger partial charge is 0.136 e. The normalized spacial score (nSPS) is 14.3.